The van der Waals surface area contributed by atoms with Crippen molar-refractivity contribution in [3.05, 3.63) is 15.6 Å². The van der Waals surface area contributed by atoms with Crippen LogP contribution < -0.4 is 0 Å². The summed E-state index contributed by atoms with van der Waals surface area (Å²) < 4.78 is 5.02. The number of carbonyl (C=O) groups is 2. The van der Waals surface area contributed by atoms with E-state index in [1.54, 1.807) is 14.0 Å². The van der Waals surface area contributed by atoms with Crippen molar-refractivity contribution in [1.29, 1.82) is 0 Å². The molecule has 2 atom stereocenters. The Hall–Kier alpha value is -1.47. The van der Waals surface area contributed by atoms with E-state index in [1.807, 2.05) is 6.92 Å². The van der Waals surface area contributed by atoms with Gasteiger partial charge in [0, 0.05) is 13.7 Å². The molecule has 0 bridgehead atoms. The van der Waals surface area contributed by atoms with Gasteiger partial charge in [-0.1, -0.05) is 6.92 Å². The van der Waals surface area contributed by atoms with Crippen LogP contribution in [0.2, 0.25) is 0 Å². The number of likely N-dealkylation sites (tertiary alicyclic amines) is 1. The average Bonchev–Trinajstić information content (AvgIpc) is 2.79. The molecule has 1 aromatic heterocycles. The summed E-state index contributed by atoms with van der Waals surface area (Å²) in [6, 6.07) is -0.742. The first kappa shape index (κ1) is 15.9. The molecule has 1 aliphatic rings. The van der Waals surface area contributed by atoms with E-state index in [0.29, 0.717) is 36.1 Å². The predicted molar refractivity (Wildman–Crippen MR) is 78.4 cm³/mol. The van der Waals surface area contributed by atoms with E-state index in [9.17, 15) is 14.7 Å². The van der Waals surface area contributed by atoms with Crippen LogP contribution in [0.3, 0.4) is 0 Å². The lowest BCUT2D eigenvalue weighted by atomic mass is 9.92. The number of carboxylic acid groups (broad SMARTS) is 1. The quantitative estimate of drug-likeness (QED) is 0.919. The third kappa shape index (κ3) is 3.41. The summed E-state index contributed by atoms with van der Waals surface area (Å²) in [4.78, 5) is 30.4. The van der Waals surface area contributed by atoms with Gasteiger partial charge in [-0.3, -0.25) is 4.79 Å². The maximum Gasteiger partial charge on any atom is 0.326 e. The molecule has 1 saturated heterocycles. The van der Waals surface area contributed by atoms with Gasteiger partial charge in [-0.15, -0.1) is 11.3 Å². The number of methoxy groups -OCH3 is 1. The predicted octanol–water partition coefficient (Wildman–Crippen LogP) is 1.92. The van der Waals surface area contributed by atoms with E-state index < -0.39 is 12.0 Å². The van der Waals surface area contributed by atoms with Crippen LogP contribution in [0, 0.1) is 12.8 Å². The Morgan fingerprint density at radius 2 is 2.24 bits per heavy atom. The molecular weight excluding hydrogens is 292 g/mol. The SMILES string of the molecule is COCc1nc(C)c(C(=O)N2CCC(C)CC2C(=O)O)s1. The first-order chi connectivity index (χ1) is 9.93. The van der Waals surface area contributed by atoms with E-state index in [1.165, 1.54) is 16.2 Å². The van der Waals surface area contributed by atoms with Gasteiger partial charge >= 0.3 is 5.97 Å². The van der Waals surface area contributed by atoms with Crippen LogP contribution in [0.15, 0.2) is 0 Å². The van der Waals surface area contributed by atoms with Crippen LogP contribution in [0.1, 0.15) is 40.1 Å². The maximum atomic E-state index is 12.7. The standard InChI is InChI=1S/C14H20N2O4S/c1-8-4-5-16(10(6-8)14(18)19)13(17)12-9(2)15-11(21-12)7-20-3/h8,10H,4-7H2,1-3H3,(H,18,19). The Morgan fingerprint density at radius 3 is 2.86 bits per heavy atom. The van der Waals surface area contributed by atoms with Gasteiger partial charge in [0.25, 0.3) is 5.91 Å². The molecule has 1 N–H and O–H groups in total. The van der Waals surface area contributed by atoms with Crippen LogP contribution in [0.25, 0.3) is 0 Å². The molecule has 7 heteroatoms. The summed E-state index contributed by atoms with van der Waals surface area (Å²) in [6.07, 6.45) is 1.34. The maximum absolute atomic E-state index is 12.7. The Bertz CT molecular complexity index is 543. The summed E-state index contributed by atoms with van der Waals surface area (Å²) in [5.41, 5.74) is 0.639. The molecule has 0 aliphatic carbocycles. The summed E-state index contributed by atoms with van der Waals surface area (Å²) in [5, 5.41) is 10.1. The molecule has 1 aromatic rings. The molecule has 2 heterocycles. The fraction of sp³-hybridized carbons (Fsp3) is 0.643. The summed E-state index contributed by atoms with van der Waals surface area (Å²) >= 11 is 1.28. The number of hydrogen-bond acceptors (Lipinski definition) is 5. The zero-order chi connectivity index (χ0) is 15.6. The molecule has 0 saturated carbocycles. The van der Waals surface area contributed by atoms with Gasteiger partial charge < -0.3 is 14.7 Å². The van der Waals surface area contributed by atoms with Gasteiger partial charge in [0.05, 0.1) is 12.3 Å². The van der Waals surface area contributed by atoms with Gasteiger partial charge in [-0.25, -0.2) is 9.78 Å². The number of aryl methyl sites for hydroxylation is 1. The molecule has 1 fully saturated rings. The summed E-state index contributed by atoms with van der Waals surface area (Å²) in [6.45, 7) is 4.63. The van der Waals surface area contributed by atoms with Gasteiger partial charge in [0.1, 0.15) is 15.9 Å². The van der Waals surface area contributed by atoms with Crippen molar-refractivity contribution in [3.8, 4) is 0 Å². The average molecular weight is 312 g/mol. The minimum absolute atomic E-state index is 0.230. The Labute approximate surface area is 127 Å². The fourth-order valence-corrected chi connectivity index (χ4v) is 3.58. The smallest absolute Gasteiger partial charge is 0.326 e. The number of nitrogens with zero attached hydrogens (tertiary/aromatic N) is 2. The number of ether oxygens (including phenoxy) is 1. The largest absolute Gasteiger partial charge is 0.480 e. The third-order valence-electron chi connectivity index (χ3n) is 3.71. The highest BCUT2D eigenvalue weighted by atomic mass is 32.1. The molecule has 2 rings (SSSR count). The van der Waals surface area contributed by atoms with Crippen molar-refractivity contribution < 1.29 is 19.4 Å². The van der Waals surface area contributed by atoms with Gasteiger partial charge in [-0.05, 0) is 25.7 Å². The van der Waals surface area contributed by atoms with E-state index in [4.69, 9.17) is 4.74 Å². The first-order valence-corrected chi connectivity index (χ1v) is 7.74. The molecule has 0 aromatic carbocycles. The number of carbonyl (C=O) groups excluding carboxylic acids is 1. The highest BCUT2D eigenvalue weighted by Gasteiger charge is 2.36. The lowest BCUT2D eigenvalue weighted by molar-refractivity contribution is -0.144. The molecule has 21 heavy (non-hydrogen) atoms. The summed E-state index contributed by atoms with van der Waals surface area (Å²) in [7, 11) is 1.57. The van der Waals surface area contributed by atoms with Crippen LogP contribution in [-0.4, -0.2) is 46.6 Å². The minimum atomic E-state index is -0.936. The molecule has 0 radical (unpaired) electrons. The second-order valence-corrected chi connectivity index (χ2v) is 6.52. The molecule has 1 aliphatic heterocycles. The van der Waals surface area contributed by atoms with Crippen molar-refractivity contribution in [2.24, 2.45) is 5.92 Å². The highest BCUT2D eigenvalue weighted by Crippen LogP contribution is 2.27. The Morgan fingerprint density at radius 1 is 1.52 bits per heavy atom. The molecule has 1 amide bonds. The number of aliphatic carboxylic acids is 1. The number of carboxylic acids is 1. The van der Waals surface area contributed by atoms with Crippen LogP contribution in [0.4, 0.5) is 0 Å². The monoisotopic (exact) mass is 312 g/mol. The number of hydrogen-bond donors (Lipinski definition) is 1. The van der Waals surface area contributed by atoms with Gasteiger partial charge in [0.15, 0.2) is 0 Å². The molecule has 0 spiro atoms. The van der Waals surface area contributed by atoms with Crippen molar-refractivity contribution in [2.75, 3.05) is 13.7 Å². The van der Waals surface area contributed by atoms with Crippen molar-refractivity contribution in [3.63, 3.8) is 0 Å². The number of rotatable bonds is 4. The lowest BCUT2D eigenvalue weighted by Gasteiger charge is -2.35. The second-order valence-electron chi connectivity index (χ2n) is 5.44. The zero-order valence-corrected chi connectivity index (χ0v) is 13.3. The zero-order valence-electron chi connectivity index (χ0n) is 12.5. The van der Waals surface area contributed by atoms with Gasteiger partial charge in [-0.2, -0.15) is 0 Å². The molecule has 116 valence electrons. The highest BCUT2D eigenvalue weighted by molar-refractivity contribution is 7.13. The van der Waals surface area contributed by atoms with Crippen LogP contribution in [0.5, 0.6) is 0 Å². The molecule has 2 unspecified atom stereocenters. The van der Waals surface area contributed by atoms with Crippen LogP contribution in [-0.2, 0) is 16.1 Å². The van der Waals surface area contributed by atoms with Gasteiger partial charge in [0.2, 0.25) is 0 Å². The Kier molecular flexibility index (Phi) is 4.95. The van der Waals surface area contributed by atoms with E-state index in [0.717, 1.165) is 11.4 Å². The normalized spacial score (nSPS) is 22.3. The van der Waals surface area contributed by atoms with E-state index in [-0.39, 0.29) is 5.91 Å². The number of aromatic nitrogens is 1. The fourth-order valence-electron chi connectivity index (χ4n) is 2.59. The Balaban J connectivity index is 2.23. The van der Waals surface area contributed by atoms with E-state index in [2.05, 4.69) is 4.98 Å². The van der Waals surface area contributed by atoms with Crippen molar-refractivity contribution >= 4 is 23.2 Å². The second kappa shape index (κ2) is 6.53. The summed E-state index contributed by atoms with van der Waals surface area (Å²) in [5.74, 6) is -0.845. The topological polar surface area (TPSA) is 79.7 Å². The van der Waals surface area contributed by atoms with E-state index >= 15 is 0 Å². The number of piperidine rings is 1. The van der Waals surface area contributed by atoms with Crippen LogP contribution >= 0.6 is 11.3 Å². The third-order valence-corrected chi connectivity index (χ3v) is 4.83. The lowest BCUT2D eigenvalue weighted by Crippen LogP contribution is -2.49. The molecular formula is C14H20N2O4S. The minimum Gasteiger partial charge on any atom is -0.480 e. The molecule has 6 nitrogen and oxygen atoms in total. The number of thiazole rings is 1. The number of amides is 1. The van der Waals surface area contributed by atoms with Crippen molar-refractivity contribution in [2.45, 2.75) is 39.3 Å². The van der Waals surface area contributed by atoms with Crippen molar-refractivity contribution in [1.82, 2.24) is 9.88 Å². The first-order valence-electron chi connectivity index (χ1n) is 6.93.